The normalized spacial score (nSPS) is 22.0. The summed E-state index contributed by atoms with van der Waals surface area (Å²) in [7, 11) is 0. The molecule has 0 amide bonds. The molecule has 3 heteroatoms. The molecule has 1 aliphatic heterocycles. The average molecular weight is 184 g/mol. The number of aliphatic hydroxyl groups excluding tert-OH is 1. The second-order valence-corrected chi connectivity index (χ2v) is 3.87. The summed E-state index contributed by atoms with van der Waals surface area (Å²) >= 11 is 1.57. The van der Waals surface area contributed by atoms with Crippen LogP contribution < -0.4 is 0 Å². The Kier molecular flexibility index (Phi) is 2.07. The molecule has 2 rings (SSSR count). The predicted molar refractivity (Wildman–Crippen MR) is 47.5 cm³/mol. The summed E-state index contributed by atoms with van der Waals surface area (Å²) in [5, 5.41) is 9.50. The Morgan fingerprint density at radius 3 is 3.08 bits per heavy atom. The minimum absolute atomic E-state index is 0.196. The second kappa shape index (κ2) is 3.07. The summed E-state index contributed by atoms with van der Waals surface area (Å²) in [5.41, 5.74) is 1.43. The molecule has 1 aliphatic rings. The average Bonchev–Trinajstić information content (AvgIpc) is 2.07. The molecular formula is C9H9FOS. The van der Waals surface area contributed by atoms with Gasteiger partial charge in [-0.2, -0.15) is 11.8 Å². The van der Waals surface area contributed by atoms with E-state index in [0.29, 0.717) is 17.1 Å². The molecule has 0 radical (unpaired) electrons. The quantitative estimate of drug-likeness (QED) is 0.666. The van der Waals surface area contributed by atoms with Crippen LogP contribution in [0.15, 0.2) is 18.2 Å². The van der Waals surface area contributed by atoms with Gasteiger partial charge < -0.3 is 5.11 Å². The topological polar surface area (TPSA) is 20.2 Å². The molecule has 12 heavy (non-hydrogen) atoms. The van der Waals surface area contributed by atoms with Crippen molar-refractivity contribution in [1.82, 2.24) is 0 Å². The molecule has 1 aromatic carbocycles. The van der Waals surface area contributed by atoms with Crippen LogP contribution in [0.2, 0.25) is 0 Å². The summed E-state index contributed by atoms with van der Waals surface area (Å²) in [6.45, 7) is 0. The van der Waals surface area contributed by atoms with Crippen LogP contribution in [0.25, 0.3) is 0 Å². The van der Waals surface area contributed by atoms with Crippen molar-refractivity contribution in [2.75, 3.05) is 5.75 Å². The molecule has 0 spiro atoms. The number of hydrogen-bond acceptors (Lipinski definition) is 2. The van der Waals surface area contributed by atoms with E-state index in [2.05, 4.69) is 0 Å². The smallest absolute Gasteiger partial charge is 0.127 e. The van der Waals surface area contributed by atoms with Crippen LogP contribution in [0.1, 0.15) is 17.2 Å². The van der Waals surface area contributed by atoms with Crippen molar-refractivity contribution < 1.29 is 9.50 Å². The van der Waals surface area contributed by atoms with Gasteiger partial charge in [-0.15, -0.1) is 0 Å². The fourth-order valence-electron chi connectivity index (χ4n) is 1.40. The molecule has 0 bridgehead atoms. The van der Waals surface area contributed by atoms with Crippen molar-refractivity contribution in [2.24, 2.45) is 0 Å². The van der Waals surface area contributed by atoms with E-state index in [1.165, 1.54) is 6.07 Å². The molecular weight excluding hydrogens is 175 g/mol. The van der Waals surface area contributed by atoms with Crippen LogP contribution in [0.4, 0.5) is 4.39 Å². The molecule has 1 heterocycles. The Morgan fingerprint density at radius 2 is 2.33 bits per heavy atom. The van der Waals surface area contributed by atoms with E-state index in [1.54, 1.807) is 23.9 Å². The van der Waals surface area contributed by atoms with Crippen molar-refractivity contribution in [3.63, 3.8) is 0 Å². The molecule has 0 fully saturated rings. The number of benzene rings is 1. The fraction of sp³-hybridized carbons (Fsp3) is 0.333. The van der Waals surface area contributed by atoms with Gasteiger partial charge in [-0.3, -0.25) is 0 Å². The lowest BCUT2D eigenvalue weighted by molar-refractivity contribution is 0.201. The fourth-order valence-corrected chi connectivity index (χ4v) is 2.43. The molecule has 1 atom stereocenters. The highest BCUT2D eigenvalue weighted by molar-refractivity contribution is 7.98. The zero-order valence-corrected chi connectivity index (χ0v) is 7.27. The zero-order valence-electron chi connectivity index (χ0n) is 6.46. The van der Waals surface area contributed by atoms with Crippen molar-refractivity contribution in [3.8, 4) is 0 Å². The first-order valence-corrected chi connectivity index (χ1v) is 4.97. The minimum atomic E-state index is -0.491. The third-order valence-corrected chi connectivity index (χ3v) is 3.08. The summed E-state index contributed by atoms with van der Waals surface area (Å²) in [4.78, 5) is 0. The highest BCUT2D eigenvalue weighted by Crippen LogP contribution is 2.32. The Hall–Kier alpha value is -0.540. The van der Waals surface area contributed by atoms with Crippen LogP contribution in [-0.2, 0) is 5.75 Å². The molecule has 64 valence electrons. The zero-order chi connectivity index (χ0) is 8.55. The summed E-state index contributed by atoms with van der Waals surface area (Å²) in [5.74, 6) is 1.16. The highest BCUT2D eigenvalue weighted by Gasteiger charge is 2.20. The Morgan fingerprint density at radius 1 is 1.50 bits per heavy atom. The third kappa shape index (κ3) is 1.23. The van der Waals surface area contributed by atoms with E-state index in [9.17, 15) is 9.50 Å². The maximum absolute atomic E-state index is 13.1. The molecule has 0 aromatic heterocycles. The SMILES string of the molecule is O[C@@H]1CSCc2c(F)cccc21. The monoisotopic (exact) mass is 184 g/mol. The van der Waals surface area contributed by atoms with Gasteiger partial charge in [0.25, 0.3) is 0 Å². The first-order valence-electron chi connectivity index (χ1n) is 3.82. The number of fused-ring (bicyclic) bond motifs is 1. The van der Waals surface area contributed by atoms with Crippen LogP contribution in [-0.4, -0.2) is 10.9 Å². The number of rotatable bonds is 0. The molecule has 1 N–H and O–H groups in total. The van der Waals surface area contributed by atoms with Gasteiger partial charge >= 0.3 is 0 Å². The molecule has 0 unspecified atom stereocenters. The Labute approximate surface area is 74.6 Å². The van der Waals surface area contributed by atoms with E-state index in [-0.39, 0.29) is 5.82 Å². The van der Waals surface area contributed by atoms with Gasteiger partial charge in [-0.1, -0.05) is 12.1 Å². The van der Waals surface area contributed by atoms with E-state index in [0.717, 1.165) is 5.56 Å². The third-order valence-electron chi connectivity index (χ3n) is 2.04. The number of thioether (sulfide) groups is 1. The van der Waals surface area contributed by atoms with Crippen LogP contribution in [0, 0.1) is 5.82 Å². The Balaban J connectivity index is 2.52. The van der Waals surface area contributed by atoms with Crippen molar-refractivity contribution in [3.05, 3.63) is 35.1 Å². The first kappa shape index (κ1) is 8.08. The van der Waals surface area contributed by atoms with E-state index in [4.69, 9.17) is 0 Å². The predicted octanol–water partition coefficient (Wildman–Crippen LogP) is 2.11. The van der Waals surface area contributed by atoms with Crippen molar-refractivity contribution >= 4 is 11.8 Å². The molecule has 1 nitrogen and oxygen atoms in total. The second-order valence-electron chi connectivity index (χ2n) is 2.84. The number of halogens is 1. The van der Waals surface area contributed by atoms with Gasteiger partial charge in [0, 0.05) is 17.1 Å². The van der Waals surface area contributed by atoms with E-state index in [1.807, 2.05) is 0 Å². The highest BCUT2D eigenvalue weighted by atomic mass is 32.2. The number of hydrogen-bond donors (Lipinski definition) is 1. The summed E-state index contributed by atoms with van der Waals surface area (Å²) in [6.07, 6.45) is -0.491. The van der Waals surface area contributed by atoms with Crippen LogP contribution in [0.5, 0.6) is 0 Å². The van der Waals surface area contributed by atoms with Gasteiger partial charge in [0.15, 0.2) is 0 Å². The summed E-state index contributed by atoms with van der Waals surface area (Å²) < 4.78 is 13.1. The van der Waals surface area contributed by atoms with Gasteiger partial charge in [-0.25, -0.2) is 4.39 Å². The standard InChI is InChI=1S/C9H9FOS/c10-8-3-1-2-6-7(8)4-12-5-9(6)11/h1-3,9,11H,4-5H2/t9-/m1/s1. The van der Waals surface area contributed by atoms with Gasteiger partial charge in [-0.05, 0) is 11.6 Å². The lowest BCUT2D eigenvalue weighted by Crippen LogP contribution is -2.11. The lowest BCUT2D eigenvalue weighted by atomic mass is 10.0. The van der Waals surface area contributed by atoms with Crippen molar-refractivity contribution in [2.45, 2.75) is 11.9 Å². The molecule has 0 saturated heterocycles. The van der Waals surface area contributed by atoms with Crippen LogP contribution >= 0.6 is 11.8 Å². The lowest BCUT2D eigenvalue weighted by Gasteiger charge is -2.20. The van der Waals surface area contributed by atoms with Gasteiger partial charge in [0.2, 0.25) is 0 Å². The van der Waals surface area contributed by atoms with Gasteiger partial charge in [0.05, 0.1) is 6.10 Å². The van der Waals surface area contributed by atoms with Gasteiger partial charge in [0.1, 0.15) is 5.82 Å². The minimum Gasteiger partial charge on any atom is -0.388 e. The molecule has 0 aliphatic carbocycles. The number of aliphatic hydroxyl groups is 1. The molecule has 1 aromatic rings. The van der Waals surface area contributed by atoms with Crippen molar-refractivity contribution in [1.29, 1.82) is 0 Å². The van der Waals surface area contributed by atoms with E-state index >= 15 is 0 Å². The first-order chi connectivity index (χ1) is 5.79. The van der Waals surface area contributed by atoms with E-state index < -0.39 is 6.10 Å². The Bertz CT molecular complexity index is 301. The van der Waals surface area contributed by atoms with Crippen LogP contribution in [0.3, 0.4) is 0 Å². The summed E-state index contributed by atoms with van der Waals surface area (Å²) in [6, 6.07) is 4.88. The maximum Gasteiger partial charge on any atom is 0.127 e. The molecule has 0 saturated carbocycles. The maximum atomic E-state index is 13.1. The largest absolute Gasteiger partial charge is 0.388 e.